The first-order chi connectivity index (χ1) is 21.0. The van der Waals surface area contributed by atoms with E-state index in [1.165, 1.54) is 37.3 Å². The van der Waals surface area contributed by atoms with Crippen molar-refractivity contribution >= 4 is 27.5 Å². The quantitative estimate of drug-likeness (QED) is 0.255. The van der Waals surface area contributed by atoms with Crippen molar-refractivity contribution in [1.29, 1.82) is 0 Å². The lowest BCUT2D eigenvalue weighted by atomic mass is 10.1. The van der Waals surface area contributed by atoms with Crippen LogP contribution >= 0.6 is 0 Å². The average molecular weight is 626 g/mol. The van der Waals surface area contributed by atoms with E-state index in [-0.39, 0.29) is 34.8 Å². The molecule has 0 radical (unpaired) electrons. The standard InChI is InChI=1S/C33H43N3O7S/c1-8-24(4)34-33(38)29(9-2)35(21-25-11-10-12-26(19-25)41-5)32(37)22-36(30-20-27(42-6)15-18-31(30)43-7)44(39,40)28-16-13-23(3)14-17-28/h10-20,24,29H,8-9,21-22H2,1-7H3,(H,34,38)/t24-,29+/m1/s1. The fraction of sp³-hybridized carbons (Fsp3) is 0.394. The minimum Gasteiger partial charge on any atom is -0.497 e. The van der Waals surface area contributed by atoms with Gasteiger partial charge >= 0.3 is 0 Å². The normalized spacial score (nSPS) is 12.5. The number of nitrogens with one attached hydrogen (secondary N) is 1. The summed E-state index contributed by atoms with van der Waals surface area (Å²) in [6, 6.07) is 17.3. The van der Waals surface area contributed by atoms with Crippen LogP contribution in [-0.2, 0) is 26.2 Å². The van der Waals surface area contributed by atoms with Crippen LogP contribution in [-0.4, -0.2) is 65.1 Å². The molecule has 0 aromatic heterocycles. The summed E-state index contributed by atoms with van der Waals surface area (Å²) in [6.45, 7) is 6.98. The van der Waals surface area contributed by atoms with Gasteiger partial charge in [0.1, 0.15) is 29.8 Å². The first kappa shape index (κ1) is 34.2. The number of sulfonamides is 1. The molecule has 0 saturated carbocycles. The van der Waals surface area contributed by atoms with Gasteiger partial charge in [-0.15, -0.1) is 0 Å². The Hall–Kier alpha value is -4.25. The number of hydrogen-bond donors (Lipinski definition) is 1. The number of carbonyl (C=O) groups excluding carboxylic acids is 2. The summed E-state index contributed by atoms with van der Waals surface area (Å²) in [5.41, 5.74) is 1.73. The molecule has 2 atom stereocenters. The molecule has 3 aromatic rings. The molecule has 0 fully saturated rings. The highest BCUT2D eigenvalue weighted by molar-refractivity contribution is 7.92. The number of methoxy groups -OCH3 is 3. The fourth-order valence-electron chi connectivity index (χ4n) is 4.67. The van der Waals surface area contributed by atoms with Crippen molar-refractivity contribution in [2.75, 3.05) is 32.2 Å². The Kier molecular flexibility index (Phi) is 12.0. The number of benzene rings is 3. The molecule has 2 amide bonds. The van der Waals surface area contributed by atoms with E-state index in [1.807, 2.05) is 33.8 Å². The topological polar surface area (TPSA) is 114 Å². The van der Waals surface area contributed by atoms with E-state index in [2.05, 4.69) is 5.32 Å². The minimum atomic E-state index is -4.29. The lowest BCUT2D eigenvalue weighted by Gasteiger charge is -2.34. The summed E-state index contributed by atoms with van der Waals surface area (Å²) < 4.78 is 45.8. The number of carbonyl (C=O) groups is 2. The second-order valence-electron chi connectivity index (χ2n) is 10.5. The Morgan fingerprint density at radius 2 is 1.52 bits per heavy atom. The highest BCUT2D eigenvalue weighted by atomic mass is 32.2. The third-order valence-corrected chi connectivity index (χ3v) is 9.19. The van der Waals surface area contributed by atoms with E-state index in [0.717, 1.165) is 15.4 Å². The maximum Gasteiger partial charge on any atom is 0.264 e. The molecule has 3 aromatic carbocycles. The molecule has 0 aliphatic heterocycles. The van der Waals surface area contributed by atoms with Crippen LogP contribution < -0.4 is 23.8 Å². The molecule has 3 rings (SSSR count). The van der Waals surface area contributed by atoms with Crippen LogP contribution in [0, 0.1) is 6.92 Å². The lowest BCUT2D eigenvalue weighted by molar-refractivity contribution is -0.140. The summed E-state index contributed by atoms with van der Waals surface area (Å²) in [5, 5.41) is 2.98. The van der Waals surface area contributed by atoms with E-state index in [9.17, 15) is 18.0 Å². The number of hydrogen-bond acceptors (Lipinski definition) is 7. The zero-order valence-corrected chi connectivity index (χ0v) is 27.3. The lowest BCUT2D eigenvalue weighted by Crippen LogP contribution is -2.53. The Morgan fingerprint density at radius 1 is 0.864 bits per heavy atom. The van der Waals surface area contributed by atoms with Crippen LogP contribution in [0.15, 0.2) is 71.6 Å². The van der Waals surface area contributed by atoms with Crippen molar-refractivity contribution in [2.45, 2.75) is 64.1 Å². The van der Waals surface area contributed by atoms with E-state index in [1.54, 1.807) is 49.6 Å². The highest BCUT2D eigenvalue weighted by Crippen LogP contribution is 2.36. The summed E-state index contributed by atoms with van der Waals surface area (Å²) in [4.78, 5) is 29.3. The van der Waals surface area contributed by atoms with Crippen molar-refractivity contribution in [3.05, 3.63) is 77.9 Å². The van der Waals surface area contributed by atoms with Gasteiger partial charge in [0.05, 0.1) is 31.9 Å². The number of ether oxygens (including phenoxy) is 3. The fourth-order valence-corrected chi connectivity index (χ4v) is 6.09. The van der Waals surface area contributed by atoms with Crippen LogP contribution in [0.1, 0.15) is 44.7 Å². The van der Waals surface area contributed by atoms with E-state index < -0.39 is 28.5 Å². The number of aryl methyl sites for hydroxylation is 1. The van der Waals surface area contributed by atoms with Gasteiger partial charge in [-0.3, -0.25) is 13.9 Å². The predicted molar refractivity (Wildman–Crippen MR) is 171 cm³/mol. The van der Waals surface area contributed by atoms with Gasteiger partial charge in [-0.05, 0) is 68.7 Å². The molecular formula is C33H43N3O7S. The molecule has 10 nitrogen and oxygen atoms in total. The van der Waals surface area contributed by atoms with Crippen LogP contribution in [0.3, 0.4) is 0 Å². The highest BCUT2D eigenvalue weighted by Gasteiger charge is 2.35. The Labute approximate surface area is 261 Å². The van der Waals surface area contributed by atoms with Crippen LogP contribution in [0.5, 0.6) is 17.2 Å². The smallest absolute Gasteiger partial charge is 0.264 e. The molecule has 0 aliphatic carbocycles. The van der Waals surface area contributed by atoms with Crippen molar-refractivity contribution in [2.24, 2.45) is 0 Å². The Balaban J connectivity index is 2.16. The van der Waals surface area contributed by atoms with Crippen molar-refractivity contribution < 1.29 is 32.2 Å². The van der Waals surface area contributed by atoms with Gasteiger partial charge in [0.15, 0.2) is 0 Å². The van der Waals surface area contributed by atoms with Crippen LogP contribution in [0.4, 0.5) is 5.69 Å². The molecule has 0 aliphatic rings. The molecule has 11 heteroatoms. The average Bonchev–Trinajstić information content (AvgIpc) is 3.03. The van der Waals surface area contributed by atoms with Crippen molar-refractivity contribution in [3.63, 3.8) is 0 Å². The molecule has 238 valence electrons. The van der Waals surface area contributed by atoms with Gasteiger partial charge in [0.25, 0.3) is 10.0 Å². The van der Waals surface area contributed by atoms with Crippen molar-refractivity contribution in [3.8, 4) is 17.2 Å². The summed E-state index contributed by atoms with van der Waals surface area (Å²) in [6.07, 6.45) is 1.02. The summed E-state index contributed by atoms with van der Waals surface area (Å²) in [7, 11) is 0.148. The van der Waals surface area contributed by atoms with Gasteiger partial charge in [-0.2, -0.15) is 0 Å². The Bertz CT molecular complexity index is 1530. The molecule has 0 bridgehead atoms. The summed E-state index contributed by atoms with van der Waals surface area (Å²) >= 11 is 0. The molecule has 0 unspecified atom stereocenters. The molecule has 0 heterocycles. The number of amides is 2. The van der Waals surface area contributed by atoms with Crippen LogP contribution in [0.25, 0.3) is 0 Å². The van der Waals surface area contributed by atoms with Gasteiger partial charge < -0.3 is 24.4 Å². The molecule has 44 heavy (non-hydrogen) atoms. The van der Waals surface area contributed by atoms with E-state index >= 15 is 0 Å². The second kappa shape index (κ2) is 15.5. The Morgan fingerprint density at radius 3 is 2.11 bits per heavy atom. The molecule has 1 N–H and O–H groups in total. The first-order valence-corrected chi connectivity index (χ1v) is 16.0. The maximum atomic E-state index is 14.4. The van der Waals surface area contributed by atoms with Gasteiger partial charge in [-0.1, -0.05) is 43.7 Å². The van der Waals surface area contributed by atoms with Crippen molar-refractivity contribution in [1.82, 2.24) is 10.2 Å². The zero-order chi connectivity index (χ0) is 32.4. The van der Waals surface area contributed by atoms with Gasteiger partial charge in [-0.25, -0.2) is 8.42 Å². The van der Waals surface area contributed by atoms with E-state index in [4.69, 9.17) is 14.2 Å². The maximum absolute atomic E-state index is 14.4. The second-order valence-corrected chi connectivity index (χ2v) is 12.3. The number of rotatable bonds is 15. The number of nitrogens with zero attached hydrogens (tertiary/aromatic N) is 2. The zero-order valence-electron chi connectivity index (χ0n) is 26.5. The monoisotopic (exact) mass is 625 g/mol. The molecular weight excluding hydrogens is 582 g/mol. The van der Waals surface area contributed by atoms with Gasteiger partial charge in [0, 0.05) is 18.7 Å². The SMILES string of the molecule is CC[C@@H](C)NC(=O)[C@H](CC)N(Cc1cccc(OC)c1)C(=O)CN(c1cc(OC)ccc1OC)S(=O)(=O)c1ccc(C)cc1. The largest absolute Gasteiger partial charge is 0.497 e. The molecule has 0 saturated heterocycles. The van der Waals surface area contributed by atoms with E-state index in [0.29, 0.717) is 24.3 Å². The minimum absolute atomic E-state index is 0.00155. The third kappa shape index (κ3) is 8.22. The van der Waals surface area contributed by atoms with Gasteiger partial charge in [0.2, 0.25) is 11.8 Å². The summed E-state index contributed by atoms with van der Waals surface area (Å²) in [5.74, 6) is 0.321. The molecule has 0 spiro atoms. The third-order valence-electron chi connectivity index (χ3n) is 7.42. The first-order valence-electron chi connectivity index (χ1n) is 14.5. The number of anilines is 1. The van der Waals surface area contributed by atoms with Crippen LogP contribution in [0.2, 0.25) is 0 Å². The predicted octanol–water partition coefficient (Wildman–Crippen LogP) is 4.94.